The van der Waals surface area contributed by atoms with Gasteiger partial charge in [0.15, 0.2) is 5.96 Å². The van der Waals surface area contributed by atoms with Gasteiger partial charge in [0, 0.05) is 19.3 Å². The van der Waals surface area contributed by atoms with Gasteiger partial charge in [-0.1, -0.05) is 12.1 Å². The maximum Gasteiger partial charge on any atom is 0.387 e. The van der Waals surface area contributed by atoms with E-state index in [1.54, 1.807) is 0 Å². The minimum atomic E-state index is -2.90. The molecule has 1 aromatic carbocycles. The van der Waals surface area contributed by atoms with Crippen molar-refractivity contribution in [3.63, 3.8) is 0 Å². The fourth-order valence-corrected chi connectivity index (χ4v) is 2.21. The third-order valence-corrected chi connectivity index (χ3v) is 3.52. The summed E-state index contributed by atoms with van der Waals surface area (Å²) in [7, 11) is 0. The highest BCUT2D eigenvalue weighted by Crippen LogP contribution is 2.19. The average molecular weight is 510 g/mol. The van der Waals surface area contributed by atoms with Crippen LogP contribution in [0.25, 0.3) is 0 Å². The van der Waals surface area contributed by atoms with Crippen molar-refractivity contribution in [3.8, 4) is 5.75 Å². The number of nitrogens with zero attached hydrogens (tertiary/aromatic N) is 2. The van der Waals surface area contributed by atoms with Crippen LogP contribution in [-0.4, -0.2) is 35.8 Å². The van der Waals surface area contributed by atoms with Gasteiger partial charge in [-0.3, -0.25) is 4.98 Å². The van der Waals surface area contributed by atoms with Gasteiger partial charge in [-0.05, 0) is 36.8 Å². The molecule has 1 heterocycles. The first-order valence-electron chi connectivity index (χ1n) is 8.34. The van der Waals surface area contributed by atoms with Crippen LogP contribution in [-0.2, 0) is 6.54 Å². The summed E-state index contributed by atoms with van der Waals surface area (Å²) < 4.78 is 42.2. The smallest absolute Gasteiger partial charge is 0.387 e. The van der Waals surface area contributed by atoms with Crippen molar-refractivity contribution in [2.75, 3.05) is 13.1 Å². The van der Waals surface area contributed by atoms with Crippen molar-refractivity contribution >= 4 is 29.9 Å². The maximum atomic E-state index is 13.6. The Bertz CT molecular complexity index is 748. The molecule has 0 radical (unpaired) electrons. The monoisotopic (exact) mass is 510 g/mol. The Morgan fingerprint density at radius 2 is 1.93 bits per heavy atom. The van der Waals surface area contributed by atoms with E-state index in [1.165, 1.54) is 42.6 Å². The average Bonchev–Trinajstić information content (AvgIpc) is 2.65. The number of benzene rings is 1. The number of hydrogen-bond acceptors (Lipinski definition) is 4. The fraction of sp³-hybridized carbons (Fsp3) is 0.333. The Morgan fingerprint density at radius 3 is 2.54 bits per heavy atom. The van der Waals surface area contributed by atoms with E-state index in [2.05, 4.69) is 25.3 Å². The van der Waals surface area contributed by atoms with Crippen LogP contribution in [0.2, 0.25) is 0 Å². The van der Waals surface area contributed by atoms with Gasteiger partial charge < -0.3 is 20.5 Å². The quantitative estimate of drug-likeness (QED) is 0.289. The van der Waals surface area contributed by atoms with Gasteiger partial charge in [-0.2, -0.15) is 8.78 Å². The van der Waals surface area contributed by atoms with Gasteiger partial charge in [0.25, 0.3) is 0 Å². The Morgan fingerprint density at radius 1 is 1.21 bits per heavy atom. The first-order valence-corrected chi connectivity index (χ1v) is 8.34. The molecular weight excluding hydrogens is 488 g/mol. The van der Waals surface area contributed by atoms with Crippen LogP contribution in [0.3, 0.4) is 0 Å². The van der Waals surface area contributed by atoms with E-state index >= 15 is 0 Å². The third kappa shape index (κ3) is 7.89. The topological polar surface area (TPSA) is 78.8 Å². The molecule has 1 atom stereocenters. The zero-order valence-electron chi connectivity index (χ0n) is 15.1. The van der Waals surface area contributed by atoms with Crippen molar-refractivity contribution in [2.24, 2.45) is 4.99 Å². The molecule has 0 saturated carbocycles. The molecule has 0 aliphatic carbocycles. The molecule has 154 valence electrons. The molecule has 0 bridgehead atoms. The van der Waals surface area contributed by atoms with Gasteiger partial charge in [0.05, 0.1) is 18.3 Å². The summed E-state index contributed by atoms with van der Waals surface area (Å²) in [5, 5.41) is 16.2. The number of aliphatic imine (C=N–C) groups is 1. The zero-order valence-corrected chi connectivity index (χ0v) is 17.4. The second-order valence-electron chi connectivity index (χ2n) is 5.47. The summed E-state index contributed by atoms with van der Waals surface area (Å²) in [5.74, 6) is -0.0382. The lowest BCUT2D eigenvalue weighted by Crippen LogP contribution is -2.39. The second kappa shape index (κ2) is 12.4. The van der Waals surface area contributed by atoms with E-state index < -0.39 is 18.5 Å². The summed E-state index contributed by atoms with van der Waals surface area (Å²) in [6, 6.07) is 8.51. The van der Waals surface area contributed by atoms with Crippen LogP contribution < -0.4 is 15.4 Å². The van der Waals surface area contributed by atoms with Gasteiger partial charge in [-0.25, -0.2) is 9.38 Å². The lowest BCUT2D eigenvalue weighted by molar-refractivity contribution is -0.0498. The van der Waals surface area contributed by atoms with Gasteiger partial charge in [0.2, 0.25) is 0 Å². The number of aromatic nitrogens is 1. The van der Waals surface area contributed by atoms with Crippen LogP contribution in [0.4, 0.5) is 13.2 Å². The predicted octanol–water partition coefficient (Wildman–Crippen LogP) is 3.23. The molecular formula is C18H22F3IN4O2. The number of pyridine rings is 1. The minimum absolute atomic E-state index is 0. The molecule has 3 N–H and O–H groups in total. The van der Waals surface area contributed by atoms with Crippen LogP contribution >= 0.6 is 24.0 Å². The van der Waals surface area contributed by atoms with Gasteiger partial charge in [-0.15, -0.1) is 24.0 Å². The molecule has 0 fully saturated rings. The highest BCUT2D eigenvalue weighted by molar-refractivity contribution is 14.0. The lowest BCUT2D eigenvalue weighted by atomic mass is 10.1. The van der Waals surface area contributed by atoms with E-state index in [9.17, 15) is 18.3 Å². The SMILES string of the molecule is CCNC(=NCc1ncccc1F)NCC(O)c1ccc(OC(F)F)cc1.I. The number of aliphatic hydroxyl groups excluding tert-OH is 1. The minimum Gasteiger partial charge on any atom is -0.435 e. The summed E-state index contributed by atoms with van der Waals surface area (Å²) in [6.07, 6.45) is 0.584. The highest BCUT2D eigenvalue weighted by atomic mass is 127. The standard InChI is InChI=1S/C18H21F3N4O2.HI/c1-2-22-18(24-10-15-14(19)4-3-9-23-15)25-11-16(26)12-5-7-13(8-6-12)27-17(20)21;/h3-9,16-17,26H,2,10-11H2,1H3,(H2,22,24,25);1H. The molecule has 0 spiro atoms. The predicted molar refractivity (Wildman–Crippen MR) is 110 cm³/mol. The van der Waals surface area contributed by atoms with Crippen molar-refractivity contribution in [1.29, 1.82) is 0 Å². The molecule has 0 aliphatic heterocycles. The molecule has 1 unspecified atom stereocenters. The first kappa shape index (κ1) is 24.0. The van der Waals surface area contributed by atoms with Crippen LogP contribution in [0.1, 0.15) is 24.3 Å². The largest absolute Gasteiger partial charge is 0.435 e. The van der Waals surface area contributed by atoms with E-state index in [0.717, 1.165) is 0 Å². The number of hydrogen-bond donors (Lipinski definition) is 3. The number of halogens is 4. The van der Waals surface area contributed by atoms with E-state index in [4.69, 9.17) is 0 Å². The zero-order chi connectivity index (χ0) is 19.6. The Hall–Kier alpha value is -2.08. The van der Waals surface area contributed by atoms with Crippen molar-refractivity contribution in [2.45, 2.75) is 26.2 Å². The number of guanidine groups is 1. The van der Waals surface area contributed by atoms with Crippen LogP contribution in [0.5, 0.6) is 5.75 Å². The molecule has 0 amide bonds. The molecule has 0 saturated heterocycles. The first-order chi connectivity index (χ1) is 13.0. The van der Waals surface area contributed by atoms with Crippen molar-refractivity contribution in [3.05, 3.63) is 59.7 Å². The fourth-order valence-electron chi connectivity index (χ4n) is 2.21. The van der Waals surface area contributed by atoms with E-state index in [0.29, 0.717) is 18.1 Å². The van der Waals surface area contributed by atoms with Crippen molar-refractivity contribution < 1.29 is 23.0 Å². The Balaban J connectivity index is 0.00000392. The number of aliphatic hydroxyl groups is 1. The molecule has 28 heavy (non-hydrogen) atoms. The lowest BCUT2D eigenvalue weighted by Gasteiger charge is -2.16. The number of rotatable bonds is 8. The summed E-state index contributed by atoms with van der Waals surface area (Å²) in [4.78, 5) is 8.16. The molecule has 2 rings (SSSR count). The summed E-state index contributed by atoms with van der Waals surface area (Å²) >= 11 is 0. The van der Waals surface area contributed by atoms with Crippen molar-refractivity contribution in [1.82, 2.24) is 15.6 Å². The maximum absolute atomic E-state index is 13.6. The molecule has 0 aliphatic rings. The van der Waals surface area contributed by atoms with Crippen LogP contribution in [0, 0.1) is 5.82 Å². The van der Waals surface area contributed by atoms with E-state index in [-0.39, 0.29) is 48.5 Å². The van der Waals surface area contributed by atoms with Gasteiger partial charge in [0.1, 0.15) is 11.6 Å². The molecule has 10 heteroatoms. The second-order valence-corrected chi connectivity index (χ2v) is 5.47. The van der Waals surface area contributed by atoms with E-state index in [1.807, 2.05) is 6.92 Å². The third-order valence-electron chi connectivity index (χ3n) is 3.52. The summed E-state index contributed by atoms with van der Waals surface area (Å²) in [6.45, 7) is -0.294. The Kier molecular flexibility index (Phi) is 10.6. The number of alkyl halides is 2. The normalized spacial score (nSPS) is 12.3. The summed E-state index contributed by atoms with van der Waals surface area (Å²) in [5.41, 5.74) is 0.737. The van der Waals surface area contributed by atoms with Gasteiger partial charge >= 0.3 is 6.61 Å². The Labute approximate surface area is 178 Å². The highest BCUT2D eigenvalue weighted by Gasteiger charge is 2.10. The number of ether oxygens (including phenoxy) is 1. The molecule has 1 aromatic heterocycles. The molecule has 6 nitrogen and oxygen atoms in total. The van der Waals surface area contributed by atoms with Crippen LogP contribution in [0.15, 0.2) is 47.6 Å². The number of nitrogens with one attached hydrogen (secondary N) is 2. The molecule has 2 aromatic rings.